The molecule has 2 aromatic rings. The van der Waals surface area contributed by atoms with E-state index in [0.29, 0.717) is 11.4 Å². The van der Waals surface area contributed by atoms with Crippen LogP contribution in [0.4, 0.5) is 4.39 Å². The lowest BCUT2D eigenvalue weighted by molar-refractivity contribution is 0.622. The summed E-state index contributed by atoms with van der Waals surface area (Å²) < 4.78 is 13.4. The van der Waals surface area contributed by atoms with Gasteiger partial charge in [0, 0.05) is 11.1 Å². The Bertz CT molecular complexity index is 599. The Kier molecular flexibility index (Phi) is 4.46. The summed E-state index contributed by atoms with van der Waals surface area (Å²) in [5, 5.41) is 0.841. The van der Waals surface area contributed by atoms with E-state index in [-0.39, 0.29) is 11.1 Å². The third-order valence-electron chi connectivity index (χ3n) is 3.05. The minimum absolute atomic E-state index is 0.125. The average molecular weight is 298 g/mol. The van der Waals surface area contributed by atoms with Gasteiger partial charge in [0.25, 0.3) is 0 Å². The van der Waals surface area contributed by atoms with Crippen molar-refractivity contribution in [3.63, 3.8) is 0 Å². The van der Waals surface area contributed by atoms with Crippen molar-refractivity contribution >= 4 is 23.2 Å². The first-order valence-corrected chi connectivity index (χ1v) is 6.68. The first-order chi connectivity index (χ1) is 8.97. The highest BCUT2D eigenvalue weighted by Gasteiger charge is 2.10. The largest absolute Gasteiger partial charge is 0.324 e. The van der Waals surface area contributed by atoms with Crippen LogP contribution in [-0.4, -0.2) is 0 Å². The van der Waals surface area contributed by atoms with Gasteiger partial charge in [-0.2, -0.15) is 0 Å². The molecule has 19 heavy (non-hydrogen) atoms. The average Bonchev–Trinajstić information content (AvgIpc) is 2.37. The molecular weight excluding hydrogens is 284 g/mol. The Morgan fingerprint density at radius 2 is 1.79 bits per heavy atom. The molecule has 0 spiro atoms. The standard InChI is InChI=1S/C15H14Cl2FN/c1-9-6-11(3-5-12(9)16)15(19)8-10-2-4-13(17)14(18)7-10/h2-7,15H,8,19H2,1H3. The molecule has 4 heteroatoms. The van der Waals surface area contributed by atoms with E-state index < -0.39 is 5.82 Å². The molecule has 2 aromatic carbocycles. The summed E-state index contributed by atoms with van der Waals surface area (Å²) in [6.07, 6.45) is 0.551. The minimum atomic E-state index is -0.418. The van der Waals surface area contributed by atoms with Crippen LogP contribution in [0.1, 0.15) is 22.7 Å². The lowest BCUT2D eigenvalue weighted by atomic mass is 9.98. The molecule has 2 N–H and O–H groups in total. The van der Waals surface area contributed by atoms with Crippen molar-refractivity contribution in [2.24, 2.45) is 5.73 Å². The van der Waals surface area contributed by atoms with Gasteiger partial charge in [0.05, 0.1) is 5.02 Å². The van der Waals surface area contributed by atoms with Gasteiger partial charge in [-0.25, -0.2) is 4.39 Å². The smallest absolute Gasteiger partial charge is 0.142 e. The van der Waals surface area contributed by atoms with Crippen molar-refractivity contribution in [3.8, 4) is 0 Å². The molecular formula is C15H14Cl2FN. The molecule has 100 valence electrons. The SMILES string of the molecule is Cc1cc(C(N)Cc2ccc(Cl)c(F)c2)ccc1Cl. The highest BCUT2D eigenvalue weighted by Crippen LogP contribution is 2.23. The number of aryl methyl sites for hydroxylation is 1. The van der Waals surface area contributed by atoms with Crippen LogP contribution in [0.5, 0.6) is 0 Å². The van der Waals surface area contributed by atoms with Crippen LogP contribution in [0.3, 0.4) is 0 Å². The summed E-state index contributed by atoms with van der Waals surface area (Å²) >= 11 is 11.6. The zero-order valence-corrected chi connectivity index (χ0v) is 12.0. The second-order valence-electron chi connectivity index (χ2n) is 4.57. The lowest BCUT2D eigenvalue weighted by Crippen LogP contribution is -2.13. The first kappa shape index (κ1) is 14.3. The van der Waals surface area contributed by atoms with Crippen molar-refractivity contribution in [2.75, 3.05) is 0 Å². The van der Waals surface area contributed by atoms with Crippen molar-refractivity contribution in [3.05, 3.63) is 69.0 Å². The van der Waals surface area contributed by atoms with E-state index in [4.69, 9.17) is 28.9 Å². The van der Waals surface area contributed by atoms with E-state index in [0.717, 1.165) is 16.7 Å². The number of rotatable bonds is 3. The number of hydrogen-bond donors (Lipinski definition) is 1. The molecule has 0 fully saturated rings. The molecule has 0 aliphatic carbocycles. The maximum atomic E-state index is 13.4. The van der Waals surface area contributed by atoms with Gasteiger partial charge in [-0.3, -0.25) is 0 Å². The van der Waals surface area contributed by atoms with E-state index in [1.807, 2.05) is 25.1 Å². The van der Waals surface area contributed by atoms with Crippen LogP contribution < -0.4 is 5.73 Å². The molecule has 0 radical (unpaired) electrons. The normalized spacial score (nSPS) is 12.5. The van der Waals surface area contributed by atoms with Crippen LogP contribution in [0, 0.1) is 12.7 Å². The van der Waals surface area contributed by atoms with Crippen LogP contribution in [0.15, 0.2) is 36.4 Å². The van der Waals surface area contributed by atoms with Gasteiger partial charge in [-0.15, -0.1) is 0 Å². The Hall–Kier alpha value is -1.09. The summed E-state index contributed by atoms with van der Waals surface area (Å²) in [7, 11) is 0. The molecule has 0 bridgehead atoms. The number of benzene rings is 2. The molecule has 0 heterocycles. The molecule has 0 aliphatic rings. The molecule has 1 atom stereocenters. The number of halogens is 3. The Morgan fingerprint density at radius 3 is 2.42 bits per heavy atom. The molecule has 0 aromatic heterocycles. The number of nitrogens with two attached hydrogens (primary N) is 1. The zero-order valence-electron chi connectivity index (χ0n) is 10.5. The molecule has 0 amide bonds. The van der Waals surface area contributed by atoms with Crippen LogP contribution in [-0.2, 0) is 6.42 Å². The summed E-state index contributed by atoms with van der Waals surface area (Å²) in [6.45, 7) is 1.93. The maximum Gasteiger partial charge on any atom is 0.142 e. The van der Waals surface area contributed by atoms with Gasteiger partial charge in [0.15, 0.2) is 0 Å². The van der Waals surface area contributed by atoms with Gasteiger partial charge >= 0.3 is 0 Å². The fourth-order valence-electron chi connectivity index (χ4n) is 1.94. The third kappa shape index (κ3) is 3.47. The second kappa shape index (κ2) is 5.91. The molecule has 1 nitrogen and oxygen atoms in total. The van der Waals surface area contributed by atoms with Gasteiger partial charge in [0.2, 0.25) is 0 Å². The van der Waals surface area contributed by atoms with E-state index in [1.165, 1.54) is 6.07 Å². The predicted octanol–water partition coefficient (Wildman–Crippen LogP) is 4.68. The van der Waals surface area contributed by atoms with E-state index in [1.54, 1.807) is 12.1 Å². The van der Waals surface area contributed by atoms with Crippen LogP contribution in [0.25, 0.3) is 0 Å². The monoisotopic (exact) mass is 297 g/mol. The first-order valence-electron chi connectivity index (χ1n) is 5.93. The highest BCUT2D eigenvalue weighted by atomic mass is 35.5. The maximum absolute atomic E-state index is 13.4. The van der Waals surface area contributed by atoms with Crippen molar-refractivity contribution in [1.82, 2.24) is 0 Å². The van der Waals surface area contributed by atoms with Gasteiger partial charge < -0.3 is 5.73 Å². The molecule has 2 rings (SSSR count). The summed E-state index contributed by atoms with van der Waals surface area (Å²) in [4.78, 5) is 0. The predicted molar refractivity (Wildman–Crippen MR) is 78.2 cm³/mol. The summed E-state index contributed by atoms with van der Waals surface area (Å²) in [5.41, 5.74) is 8.92. The van der Waals surface area contributed by atoms with Crippen molar-refractivity contribution in [2.45, 2.75) is 19.4 Å². The second-order valence-corrected chi connectivity index (χ2v) is 5.38. The Labute approximate surface area is 122 Å². The number of hydrogen-bond acceptors (Lipinski definition) is 1. The van der Waals surface area contributed by atoms with Crippen molar-refractivity contribution < 1.29 is 4.39 Å². The van der Waals surface area contributed by atoms with Crippen LogP contribution >= 0.6 is 23.2 Å². The topological polar surface area (TPSA) is 26.0 Å². The van der Waals surface area contributed by atoms with E-state index >= 15 is 0 Å². The molecule has 0 aliphatic heterocycles. The third-order valence-corrected chi connectivity index (χ3v) is 3.78. The molecule has 1 unspecified atom stereocenters. The van der Waals surface area contributed by atoms with Crippen LogP contribution in [0.2, 0.25) is 10.0 Å². The highest BCUT2D eigenvalue weighted by molar-refractivity contribution is 6.31. The van der Waals surface area contributed by atoms with Gasteiger partial charge in [-0.05, 0) is 48.2 Å². The summed E-state index contributed by atoms with van der Waals surface area (Å²) in [5.74, 6) is -0.418. The fourth-order valence-corrected chi connectivity index (χ4v) is 2.17. The Morgan fingerprint density at radius 1 is 1.11 bits per heavy atom. The zero-order chi connectivity index (χ0) is 14.0. The van der Waals surface area contributed by atoms with E-state index in [2.05, 4.69) is 0 Å². The minimum Gasteiger partial charge on any atom is -0.324 e. The van der Waals surface area contributed by atoms with Gasteiger partial charge in [-0.1, -0.05) is 41.4 Å². The Balaban J connectivity index is 2.17. The molecule has 0 saturated heterocycles. The van der Waals surface area contributed by atoms with Gasteiger partial charge in [0.1, 0.15) is 5.82 Å². The van der Waals surface area contributed by atoms with E-state index in [9.17, 15) is 4.39 Å². The molecule has 0 saturated carbocycles. The fraction of sp³-hybridized carbons (Fsp3) is 0.200. The van der Waals surface area contributed by atoms with Crippen molar-refractivity contribution in [1.29, 1.82) is 0 Å². The summed E-state index contributed by atoms with van der Waals surface area (Å²) in [6, 6.07) is 10.2. The lowest BCUT2D eigenvalue weighted by Gasteiger charge is -2.13. The quantitative estimate of drug-likeness (QED) is 0.874.